The van der Waals surface area contributed by atoms with Gasteiger partial charge < -0.3 is 4.90 Å². The number of rotatable bonds is 6. The van der Waals surface area contributed by atoms with Crippen molar-refractivity contribution in [2.45, 2.75) is 4.90 Å². The topological polar surface area (TPSA) is 3.24 Å². The van der Waals surface area contributed by atoms with Gasteiger partial charge in [-0.2, -0.15) is 0 Å². The molecule has 4 heteroatoms. The molecule has 0 spiro atoms. The first-order valence-corrected chi connectivity index (χ1v) is 7.12. The van der Waals surface area contributed by atoms with Gasteiger partial charge in [-0.05, 0) is 30.5 Å². The van der Waals surface area contributed by atoms with Gasteiger partial charge in [-0.1, -0.05) is 0 Å². The van der Waals surface area contributed by atoms with E-state index in [2.05, 4.69) is 35.4 Å². The van der Waals surface area contributed by atoms with Gasteiger partial charge in [-0.25, -0.2) is 0 Å². The van der Waals surface area contributed by atoms with E-state index in [-0.39, 0.29) is 0 Å². The third-order valence-electron chi connectivity index (χ3n) is 2.15. The van der Waals surface area contributed by atoms with Crippen molar-refractivity contribution >= 4 is 40.7 Å². The zero-order valence-corrected chi connectivity index (χ0v) is 11.1. The van der Waals surface area contributed by atoms with Crippen molar-refractivity contribution in [2.75, 3.05) is 36.0 Å². The highest BCUT2D eigenvalue weighted by Crippen LogP contribution is 2.20. The minimum Gasteiger partial charge on any atom is -0.369 e. The Kier molecular flexibility index (Phi) is 6.30. The lowest BCUT2D eigenvalue weighted by atomic mass is 10.3. The van der Waals surface area contributed by atoms with Crippen LogP contribution in [-0.2, 0) is 0 Å². The molecule has 0 unspecified atom stereocenters. The Labute approximate surface area is 106 Å². The molecule has 1 rings (SSSR count). The molecule has 1 aromatic carbocycles. The first kappa shape index (κ1) is 13.0. The van der Waals surface area contributed by atoms with Gasteiger partial charge in [-0.15, -0.1) is 35.0 Å². The molecular weight excluding hydrogens is 249 g/mol. The van der Waals surface area contributed by atoms with Crippen LogP contribution in [0.1, 0.15) is 0 Å². The summed E-state index contributed by atoms with van der Waals surface area (Å²) in [6.45, 7) is 1.68. The Morgan fingerprint density at radius 1 is 1.07 bits per heavy atom. The summed E-state index contributed by atoms with van der Waals surface area (Å²) in [5.41, 5.74) is 1.19. The number of nitrogens with zero attached hydrogens (tertiary/aromatic N) is 1. The molecule has 0 radical (unpaired) electrons. The second-order valence-corrected chi connectivity index (χ2v) is 4.70. The average molecular weight is 264 g/mol. The van der Waals surface area contributed by atoms with Gasteiger partial charge in [-0.3, -0.25) is 0 Å². The van der Waals surface area contributed by atoms with E-state index in [1.54, 1.807) is 11.8 Å². The van der Waals surface area contributed by atoms with Gasteiger partial charge in [0.2, 0.25) is 0 Å². The molecule has 0 amide bonds. The van der Waals surface area contributed by atoms with Gasteiger partial charge >= 0.3 is 0 Å². The molecular formula is C11H15Cl2NS. The van der Waals surface area contributed by atoms with E-state index in [0.29, 0.717) is 11.8 Å². The maximum absolute atomic E-state index is 5.75. The summed E-state index contributed by atoms with van der Waals surface area (Å²) in [6, 6.07) is 8.47. The highest BCUT2D eigenvalue weighted by atomic mass is 35.5. The number of hydrogen-bond donors (Lipinski definition) is 0. The van der Waals surface area contributed by atoms with E-state index in [1.165, 1.54) is 10.6 Å². The number of halogens is 2. The molecule has 0 atom stereocenters. The quantitative estimate of drug-likeness (QED) is 0.569. The number of hydrogen-bond acceptors (Lipinski definition) is 2. The van der Waals surface area contributed by atoms with Crippen LogP contribution in [0.15, 0.2) is 29.2 Å². The fourth-order valence-electron chi connectivity index (χ4n) is 1.37. The summed E-state index contributed by atoms with van der Waals surface area (Å²) in [4.78, 5) is 3.47. The van der Waals surface area contributed by atoms with Crippen LogP contribution in [0.2, 0.25) is 0 Å². The zero-order chi connectivity index (χ0) is 11.1. The van der Waals surface area contributed by atoms with Crippen molar-refractivity contribution in [3.8, 4) is 0 Å². The minimum absolute atomic E-state index is 0.626. The van der Waals surface area contributed by atoms with E-state index in [0.717, 1.165) is 13.1 Å². The zero-order valence-electron chi connectivity index (χ0n) is 8.75. The summed E-state index contributed by atoms with van der Waals surface area (Å²) < 4.78 is 0. The minimum atomic E-state index is 0.626. The molecule has 0 aliphatic carbocycles. The number of anilines is 1. The first-order chi connectivity index (χ1) is 7.31. The molecule has 0 aromatic heterocycles. The highest BCUT2D eigenvalue weighted by Gasteiger charge is 2.04. The monoisotopic (exact) mass is 263 g/mol. The molecule has 84 valence electrons. The summed E-state index contributed by atoms with van der Waals surface area (Å²) in [7, 11) is 0. The lowest BCUT2D eigenvalue weighted by Gasteiger charge is -2.22. The second kappa shape index (κ2) is 7.26. The lowest BCUT2D eigenvalue weighted by Crippen LogP contribution is -2.27. The summed E-state index contributed by atoms with van der Waals surface area (Å²) in [6.07, 6.45) is 2.07. The SMILES string of the molecule is CSc1ccc(N(CCCl)CCCl)cc1. The third-order valence-corrected chi connectivity index (χ3v) is 3.23. The van der Waals surface area contributed by atoms with Crippen LogP contribution >= 0.6 is 35.0 Å². The normalized spacial score (nSPS) is 10.3. The fourth-order valence-corrected chi connectivity index (χ4v) is 2.18. The third kappa shape index (κ3) is 4.13. The maximum atomic E-state index is 5.75. The van der Waals surface area contributed by atoms with E-state index >= 15 is 0 Å². The first-order valence-electron chi connectivity index (χ1n) is 4.82. The predicted octanol–water partition coefficient (Wildman–Crippen LogP) is 3.69. The van der Waals surface area contributed by atoms with Gasteiger partial charge in [0.05, 0.1) is 0 Å². The number of benzene rings is 1. The largest absolute Gasteiger partial charge is 0.369 e. The standard InChI is InChI=1S/C11H15Cl2NS/c1-15-11-4-2-10(3-5-11)14(8-6-12)9-7-13/h2-5H,6-9H2,1H3. The Bertz CT molecular complexity index is 270. The van der Waals surface area contributed by atoms with Crippen molar-refractivity contribution in [3.63, 3.8) is 0 Å². The molecule has 15 heavy (non-hydrogen) atoms. The molecule has 0 bridgehead atoms. The van der Waals surface area contributed by atoms with Crippen molar-refractivity contribution in [1.82, 2.24) is 0 Å². The van der Waals surface area contributed by atoms with Crippen molar-refractivity contribution in [1.29, 1.82) is 0 Å². The molecule has 0 heterocycles. The van der Waals surface area contributed by atoms with Crippen LogP contribution < -0.4 is 4.90 Å². The Hall–Kier alpha value is -0.0500. The fraction of sp³-hybridized carbons (Fsp3) is 0.455. The van der Waals surface area contributed by atoms with Crippen LogP contribution in [0.25, 0.3) is 0 Å². The van der Waals surface area contributed by atoms with Crippen LogP contribution in [0, 0.1) is 0 Å². The molecule has 0 saturated heterocycles. The average Bonchev–Trinajstić information content (AvgIpc) is 2.29. The smallest absolute Gasteiger partial charge is 0.0399 e. The number of thioether (sulfide) groups is 1. The highest BCUT2D eigenvalue weighted by molar-refractivity contribution is 7.98. The summed E-state index contributed by atoms with van der Waals surface area (Å²) in [5, 5.41) is 0. The van der Waals surface area contributed by atoms with Gasteiger partial charge in [0, 0.05) is 35.4 Å². The molecule has 0 fully saturated rings. The van der Waals surface area contributed by atoms with E-state index in [1.807, 2.05) is 0 Å². The Morgan fingerprint density at radius 3 is 2.00 bits per heavy atom. The maximum Gasteiger partial charge on any atom is 0.0399 e. The molecule has 0 saturated carbocycles. The molecule has 1 nitrogen and oxygen atoms in total. The van der Waals surface area contributed by atoms with Crippen molar-refractivity contribution in [2.24, 2.45) is 0 Å². The molecule has 0 N–H and O–H groups in total. The molecule has 0 aliphatic heterocycles. The van der Waals surface area contributed by atoms with Crippen molar-refractivity contribution in [3.05, 3.63) is 24.3 Å². The number of alkyl halides is 2. The van der Waals surface area contributed by atoms with Crippen molar-refractivity contribution < 1.29 is 0 Å². The second-order valence-electron chi connectivity index (χ2n) is 3.06. The Balaban J connectivity index is 2.72. The van der Waals surface area contributed by atoms with Gasteiger partial charge in [0.15, 0.2) is 0 Å². The molecule has 0 aliphatic rings. The van der Waals surface area contributed by atoms with E-state index < -0.39 is 0 Å². The van der Waals surface area contributed by atoms with Crippen LogP contribution in [0.3, 0.4) is 0 Å². The summed E-state index contributed by atoms with van der Waals surface area (Å²) in [5.74, 6) is 1.25. The lowest BCUT2D eigenvalue weighted by molar-refractivity contribution is 0.873. The molecule has 1 aromatic rings. The van der Waals surface area contributed by atoms with Crippen LogP contribution in [0.4, 0.5) is 5.69 Å². The summed E-state index contributed by atoms with van der Waals surface area (Å²) >= 11 is 13.2. The van der Waals surface area contributed by atoms with Crippen LogP contribution in [-0.4, -0.2) is 31.1 Å². The van der Waals surface area contributed by atoms with E-state index in [9.17, 15) is 0 Å². The van der Waals surface area contributed by atoms with E-state index in [4.69, 9.17) is 23.2 Å². The predicted molar refractivity (Wildman–Crippen MR) is 71.9 cm³/mol. The van der Waals surface area contributed by atoms with Gasteiger partial charge in [0.25, 0.3) is 0 Å². The van der Waals surface area contributed by atoms with Gasteiger partial charge in [0.1, 0.15) is 0 Å². The Morgan fingerprint density at radius 2 is 1.60 bits per heavy atom. The van der Waals surface area contributed by atoms with Crippen LogP contribution in [0.5, 0.6) is 0 Å².